The lowest BCUT2D eigenvalue weighted by Crippen LogP contribution is -2.37. The Morgan fingerprint density at radius 2 is 1.11 bits per heavy atom. The molecule has 5 aliphatic rings. The molecule has 80 heavy (non-hydrogen) atoms. The summed E-state index contributed by atoms with van der Waals surface area (Å²) in [4.78, 5) is 13.7. The van der Waals surface area contributed by atoms with E-state index in [1.807, 2.05) is 24.3 Å². The van der Waals surface area contributed by atoms with Gasteiger partial charge in [0.15, 0.2) is 0 Å². The molecule has 0 saturated heterocycles. The van der Waals surface area contributed by atoms with Gasteiger partial charge in [-0.1, -0.05) is 188 Å². The minimum absolute atomic E-state index is 0.00255. The molecule has 0 N–H and O–H groups in total. The van der Waals surface area contributed by atoms with E-state index in [1.54, 1.807) is 24.8 Å². The summed E-state index contributed by atoms with van der Waals surface area (Å²) >= 11 is 0. The van der Waals surface area contributed by atoms with Crippen molar-refractivity contribution in [3.63, 3.8) is 0 Å². The monoisotopic (exact) mass is 1020 g/mol. The summed E-state index contributed by atoms with van der Waals surface area (Å²) in [6.45, 7) is 2.19. The van der Waals surface area contributed by atoms with Gasteiger partial charge in [0.2, 0.25) is 0 Å². The van der Waals surface area contributed by atoms with Gasteiger partial charge in [0.05, 0.1) is 41.0 Å². The highest BCUT2D eigenvalue weighted by Crippen LogP contribution is 2.59. The van der Waals surface area contributed by atoms with E-state index in [9.17, 15) is 10.5 Å². The van der Waals surface area contributed by atoms with Crippen LogP contribution < -0.4 is 9.80 Å². The Balaban J connectivity index is 1.03. The Bertz CT molecular complexity index is 4230. The number of anilines is 3. The molecule has 9 aromatic rings. The smallest absolute Gasteiger partial charge is 0.0998 e. The molecule has 6 nitrogen and oxygen atoms in total. The number of aromatic nitrogens is 2. The lowest BCUT2D eigenvalue weighted by Gasteiger charge is -2.39. The standard InChI is InChI=1S/C74H52N6/c1-48-42-67(52-36-40-78-41-37-52)57(47-76)45-68(48)80-69-44-55(49-16-6-2-7-17-49)24-14-26-61(69)65-32-30-63(71(74(65)80)54-22-12-5-13-23-54)62-31-33-66-64-27-15-25-60(50-18-8-3-9-19-50)72(64)79(73(66)70(62)53-20-10-4-11-21-53)58-28-29-59(56(43-58)46-75)51-34-38-77-39-35-51/h2-43,45,64-65,72,74H,44H2,1H3. The lowest BCUT2D eigenvalue weighted by molar-refractivity contribution is 0.697. The van der Waals surface area contributed by atoms with Gasteiger partial charge >= 0.3 is 0 Å². The molecule has 7 aromatic carbocycles. The van der Waals surface area contributed by atoms with E-state index in [2.05, 4.69) is 251 Å². The molecule has 0 amide bonds. The number of hydrogen-bond donors (Lipinski definition) is 0. The van der Waals surface area contributed by atoms with Crippen LogP contribution in [0.1, 0.15) is 56.8 Å². The molecule has 14 rings (SSSR count). The van der Waals surface area contributed by atoms with E-state index in [0.717, 1.165) is 78.3 Å². The van der Waals surface area contributed by atoms with Gasteiger partial charge in [0.25, 0.3) is 0 Å². The fourth-order valence-electron chi connectivity index (χ4n) is 13.2. The number of nitrogens with zero attached hydrogens (tertiary/aromatic N) is 6. The number of nitriles is 2. The molecule has 0 saturated carbocycles. The third-order valence-electron chi connectivity index (χ3n) is 16.7. The van der Waals surface area contributed by atoms with Gasteiger partial charge < -0.3 is 9.80 Å². The van der Waals surface area contributed by atoms with Crippen LogP contribution in [0.3, 0.4) is 0 Å². The van der Waals surface area contributed by atoms with Crippen molar-refractivity contribution < 1.29 is 0 Å². The van der Waals surface area contributed by atoms with Gasteiger partial charge in [-0.25, -0.2) is 0 Å². The Kier molecular flexibility index (Phi) is 12.1. The zero-order valence-electron chi connectivity index (χ0n) is 44.0. The zero-order valence-corrected chi connectivity index (χ0v) is 44.0. The fourth-order valence-corrected chi connectivity index (χ4v) is 13.2. The van der Waals surface area contributed by atoms with E-state index in [4.69, 9.17) is 0 Å². The first kappa shape index (κ1) is 48.0. The van der Waals surface area contributed by atoms with Gasteiger partial charge in [0.1, 0.15) is 0 Å². The van der Waals surface area contributed by atoms with Crippen molar-refractivity contribution in [2.45, 2.75) is 31.3 Å². The third-order valence-corrected chi connectivity index (χ3v) is 16.7. The molecule has 0 spiro atoms. The van der Waals surface area contributed by atoms with E-state index >= 15 is 0 Å². The molecule has 2 aromatic heterocycles. The summed E-state index contributed by atoms with van der Waals surface area (Å²) in [5, 5.41) is 22.1. The van der Waals surface area contributed by atoms with Crippen LogP contribution in [-0.2, 0) is 0 Å². The van der Waals surface area contributed by atoms with Crippen molar-refractivity contribution in [2.75, 3.05) is 9.80 Å². The molecular formula is C74H52N6. The van der Waals surface area contributed by atoms with Crippen molar-refractivity contribution in [3.05, 3.63) is 317 Å². The largest absolute Gasteiger partial charge is 0.336 e. The highest BCUT2D eigenvalue weighted by Gasteiger charge is 2.47. The average molecular weight is 1030 g/mol. The van der Waals surface area contributed by atoms with Crippen LogP contribution in [0.2, 0.25) is 0 Å². The Hall–Kier alpha value is -10.4. The average Bonchev–Trinajstić information content (AvgIpc) is 4.17. The molecule has 6 heteroatoms. The summed E-state index contributed by atoms with van der Waals surface area (Å²) in [7, 11) is 0. The van der Waals surface area contributed by atoms with Crippen LogP contribution in [0.5, 0.6) is 0 Å². The van der Waals surface area contributed by atoms with Gasteiger partial charge in [-0.2, -0.15) is 10.5 Å². The maximum Gasteiger partial charge on any atom is 0.0998 e. The zero-order chi connectivity index (χ0) is 53.7. The number of allylic oxidation sites excluding steroid dienone is 8. The SMILES string of the molecule is Cc1cc(-c2ccncc2)c(C#N)cc1N1C2=C(C=CC=C(c3ccccc3)C2)C2C=CC(c3ccc4c(c3-c3ccccc3)N(c3ccc(-c5ccncc5)c(C#N)c3)C3C(c5ccccc5)=CC=CC43)=C(c3ccccc3)C21. The van der Waals surface area contributed by atoms with Crippen LogP contribution in [0.25, 0.3) is 55.7 Å². The summed E-state index contributed by atoms with van der Waals surface area (Å²) in [6, 6.07) is 71.6. The second-order valence-electron chi connectivity index (χ2n) is 21.0. The summed E-state index contributed by atoms with van der Waals surface area (Å²) in [5.41, 5.74) is 24.3. The maximum absolute atomic E-state index is 11.1. The second kappa shape index (κ2) is 20.2. The predicted octanol–water partition coefficient (Wildman–Crippen LogP) is 17.1. The van der Waals surface area contributed by atoms with Crippen LogP contribution in [0.4, 0.5) is 17.1 Å². The van der Waals surface area contributed by atoms with Crippen molar-refractivity contribution in [1.82, 2.24) is 9.97 Å². The molecule has 3 aliphatic carbocycles. The number of fused-ring (bicyclic) bond motifs is 5. The number of hydrogen-bond acceptors (Lipinski definition) is 6. The molecule has 2 aliphatic heterocycles. The van der Waals surface area contributed by atoms with Gasteiger partial charge in [-0.15, -0.1) is 0 Å². The molecule has 0 bridgehead atoms. The third kappa shape index (κ3) is 8.08. The van der Waals surface area contributed by atoms with Crippen molar-refractivity contribution in [2.24, 2.45) is 5.92 Å². The molecule has 4 unspecified atom stereocenters. The van der Waals surface area contributed by atoms with E-state index in [1.165, 1.54) is 39.1 Å². The normalized spacial score (nSPS) is 18.6. The highest BCUT2D eigenvalue weighted by atomic mass is 15.2. The van der Waals surface area contributed by atoms with Gasteiger partial charge in [0, 0.05) is 65.7 Å². The summed E-state index contributed by atoms with van der Waals surface area (Å²) in [5.74, 6) is -0.0354. The number of rotatable bonds is 9. The van der Waals surface area contributed by atoms with Crippen molar-refractivity contribution >= 4 is 39.4 Å². The van der Waals surface area contributed by atoms with Crippen LogP contribution >= 0.6 is 0 Å². The van der Waals surface area contributed by atoms with E-state index in [-0.39, 0.29) is 23.9 Å². The molecule has 378 valence electrons. The molecule has 0 fully saturated rings. The van der Waals surface area contributed by atoms with Crippen LogP contribution in [-0.4, -0.2) is 22.1 Å². The molecular weight excluding hydrogens is 973 g/mol. The number of benzene rings is 7. The second-order valence-corrected chi connectivity index (χ2v) is 21.0. The van der Waals surface area contributed by atoms with E-state index < -0.39 is 0 Å². The summed E-state index contributed by atoms with van der Waals surface area (Å²) in [6.07, 6.45) is 26.4. The minimum atomic E-state index is -0.204. The first-order valence-electron chi connectivity index (χ1n) is 27.3. The highest BCUT2D eigenvalue weighted by molar-refractivity contribution is 6.08. The molecule has 4 atom stereocenters. The van der Waals surface area contributed by atoms with Crippen LogP contribution in [0, 0.1) is 35.5 Å². The quantitative estimate of drug-likeness (QED) is 0.143. The molecule has 4 heterocycles. The Morgan fingerprint density at radius 3 is 1.79 bits per heavy atom. The Labute approximate surface area is 467 Å². The van der Waals surface area contributed by atoms with E-state index in [0.29, 0.717) is 17.5 Å². The lowest BCUT2D eigenvalue weighted by atomic mass is 9.75. The first-order valence-corrected chi connectivity index (χ1v) is 27.3. The number of aryl methyl sites for hydroxylation is 1. The van der Waals surface area contributed by atoms with Gasteiger partial charge in [-0.05, 0) is 145 Å². The van der Waals surface area contributed by atoms with Gasteiger partial charge in [-0.3, -0.25) is 9.97 Å². The Morgan fingerprint density at radius 1 is 0.500 bits per heavy atom. The number of pyridine rings is 2. The minimum Gasteiger partial charge on any atom is -0.336 e. The first-order chi connectivity index (χ1) is 39.6. The topological polar surface area (TPSA) is 79.8 Å². The predicted molar refractivity (Wildman–Crippen MR) is 325 cm³/mol. The van der Waals surface area contributed by atoms with Crippen LogP contribution in [0.15, 0.2) is 273 Å². The fraction of sp³-hybridized carbons (Fsp3) is 0.0811. The van der Waals surface area contributed by atoms with Crippen molar-refractivity contribution in [3.8, 4) is 45.5 Å². The van der Waals surface area contributed by atoms with Crippen molar-refractivity contribution in [1.29, 1.82) is 10.5 Å². The maximum atomic E-state index is 11.1. The summed E-state index contributed by atoms with van der Waals surface area (Å²) < 4.78 is 0. The molecule has 0 radical (unpaired) electrons.